The molecule has 1 aliphatic heterocycles. The van der Waals surface area contributed by atoms with E-state index in [9.17, 15) is 0 Å². The summed E-state index contributed by atoms with van der Waals surface area (Å²) < 4.78 is 0. The van der Waals surface area contributed by atoms with Crippen LogP contribution in [0, 0.1) is 18.3 Å². The van der Waals surface area contributed by atoms with E-state index in [1.165, 1.54) is 11.1 Å². The van der Waals surface area contributed by atoms with Gasteiger partial charge in [0.15, 0.2) is 0 Å². The number of nitriles is 1. The van der Waals surface area contributed by atoms with Gasteiger partial charge in [-0.3, -0.25) is 0 Å². The molecule has 1 atom stereocenters. The SMILES string of the molecule is Cc1ccc(C2CC(C#N)=C(N)S2)cc1. The Morgan fingerprint density at radius 1 is 1.40 bits per heavy atom. The molecule has 0 spiro atoms. The predicted molar refractivity (Wildman–Crippen MR) is 63.0 cm³/mol. The third-order valence-electron chi connectivity index (χ3n) is 2.54. The highest BCUT2D eigenvalue weighted by molar-refractivity contribution is 8.03. The summed E-state index contributed by atoms with van der Waals surface area (Å²) in [5.41, 5.74) is 9.00. The fraction of sp³-hybridized carbons (Fsp3) is 0.250. The number of hydrogen-bond acceptors (Lipinski definition) is 3. The van der Waals surface area contributed by atoms with E-state index >= 15 is 0 Å². The molecule has 1 aliphatic rings. The van der Waals surface area contributed by atoms with Crippen molar-refractivity contribution in [1.29, 1.82) is 5.26 Å². The van der Waals surface area contributed by atoms with Crippen molar-refractivity contribution in [3.63, 3.8) is 0 Å². The molecule has 1 unspecified atom stereocenters. The second-order valence-corrected chi connectivity index (χ2v) is 4.92. The van der Waals surface area contributed by atoms with Crippen LogP contribution in [0.25, 0.3) is 0 Å². The smallest absolute Gasteiger partial charge is 0.0975 e. The fourth-order valence-electron chi connectivity index (χ4n) is 1.62. The van der Waals surface area contributed by atoms with Gasteiger partial charge in [-0.2, -0.15) is 5.26 Å². The molecule has 0 radical (unpaired) electrons. The zero-order chi connectivity index (χ0) is 10.8. The van der Waals surface area contributed by atoms with Crippen LogP contribution in [0.15, 0.2) is 34.9 Å². The van der Waals surface area contributed by atoms with Gasteiger partial charge in [0.05, 0.1) is 16.7 Å². The van der Waals surface area contributed by atoms with Crippen LogP contribution in [0.1, 0.15) is 22.8 Å². The van der Waals surface area contributed by atoms with Crippen molar-refractivity contribution in [2.45, 2.75) is 18.6 Å². The summed E-state index contributed by atoms with van der Waals surface area (Å²) in [6.07, 6.45) is 0.760. The second kappa shape index (κ2) is 4.00. The Kier molecular flexibility index (Phi) is 2.70. The third-order valence-corrected chi connectivity index (χ3v) is 3.76. The van der Waals surface area contributed by atoms with E-state index in [-0.39, 0.29) is 0 Å². The molecule has 0 aromatic heterocycles. The quantitative estimate of drug-likeness (QED) is 0.785. The Labute approximate surface area is 93.8 Å². The van der Waals surface area contributed by atoms with Gasteiger partial charge in [0.1, 0.15) is 0 Å². The van der Waals surface area contributed by atoms with Crippen LogP contribution in [-0.4, -0.2) is 0 Å². The van der Waals surface area contributed by atoms with Crippen LogP contribution in [0.4, 0.5) is 0 Å². The van der Waals surface area contributed by atoms with Gasteiger partial charge in [-0.15, -0.1) is 0 Å². The third kappa shape index (κ3) is 2.00. The lowest BCUT2D eigenvalue weighted by Crippen LogP contribution is -1.91. The van der Waals surface area contributed by atoms with Crippen molar-refractivity contribution >= 4 is 11.8 Å². The molecule has 2 N–H and O–H groups in total. The van der Waals surface area contributed by atoms with Gasteiger partial charge in [0.25, 0.3) is 0 Å². The Hall–Kier alpha value is -1.40. The average molecular weight is 216 g/mol. The lowest BCUT2D eigenvalue weighted by molar-refractivity contribution is 0.959. The number of nitrogens with two attached hydrogens (primary N) is 1. The van der Waals surface area contributed by atoms with Gasteiger partial charge >= 0.3 is 0 Å². The van der Waals surface area contributed by atoms with Crippen LogP contribution in [-0.2, 0) is 0 Å². The van der Waals surface area contributed by atoms with E-state index in [4.69, 9.17) is 11.0 Å². The lowest BCUT2D eigenvalue weighted by Gasteiger charge is -2.09. The largest absolute Gasteiger partial charge is 0.393 e. The average Bonchev–Trinajstić information content (AvgIpc) is 2.61. The topological polar surface area (TPSA) is 49.8 Å². The minimum Gasteiger partial charge on any atom is -0.393 e. The van der Waals surface area contributed by atoms with Gasteiger partial charge in [-0.1, -0.05) is 41.6 Å². The monoisotopic (exact) mass is 216 g/mol. The van der Waals surface area contributed by atoms with Crippen molar-refractivity contribution in [3.8, 4) is 6.07 Å². The normalized spacial score (nSPS) is 20.4. The highest BCUT2D eigenvalue weighted by Crippen LogP contribution is 2.44. The van der Waals surface area contributed by atoms with Gasteiger partial charge in [-0.25, -0.2) is 0 Å². The summed E-state index contributed by atoms with van der Waals surface area (Å²) in [4.78, 5) is 0. The van der Waals surface area contributed by atoms with Crippen molar-refractivity contribution in [1.82, 2.24) is 0 Å². The highest BCUT2D eigenvalue weighted by atomic mass is 32.2. The van der Waals surface area contributed by atoms with E-state index in [1.807, 2.05) is 0 Å². The zero-order valence-electron chi connectivity index (χ0n) is 8.53. The van der Waals surface area contributed by atoms with Crippen LogP contribution >= 0.6 is 11.8 Å². The van der Waals surface area contributed by atoms with Crippen LogP contribution in [0.2, 0.25) is 0 Å². The number of aryl methyl sites for hydroxylation is 1. The van der Waals surface area contributed by atoms with Crippen molar-refractivity contribution in [3.05, 3.63) is 46.0 Å². The molecule has 76 valence electrons. The molecule has 0 saturated carbocycles. The number of nitrogens with zero attached hydrogens (tertiary/aromatic N) is 1. The van der Waals surface area contributed by atoms with Crippen LogP contribution in [0.5, 0.6) is 0 Å². The molecule has 0 bridgehead atoms. The van der Waals surface area contributed by atoms with E-state index in [0.29, 0.717) is 10.3 Å². The summed E-state index contributed by atoms with van der Waals surface area (Å²) in [6, 6.07) is 10.6. The number of allylic oxidation sites excluding steroid dienone is 1. The van der Waals surface area contributed by atoms with Gasteiger partial charge in [0, 0.05) is 11.7 Å². The molecule has 2 nitrogen and oxygen atoms in total. The minimum atomic E-state index is 0.320. The van der Waals surface area contributed by atoms with E-state index in [2.05, 4.69) is 37.3 Å². The molecule has 2 rings (SSSR count). The number of hydrogen-bond donors (Lipinski definition) is 1. The summed E-state index contributed by atoms with van der Waals surface area (Å²) in [5.74, 6) is 0. The Morgan fingerprint density at radius 2 is 2.07 bits per heavy atom. The first kappa shape index (κ1) is 10.1. The summed E-state index contributed by atoms with van der Waals surface area (Å²) >= 11 is 1.59. The fourth-order valence-corrected chi connectivity index (χ4v) is 2.74. The molecule has 1 aromatic carbocycles. The van der Waals surface area contributed by atoms with Crippen molar-refractivity contribution in [2.24, 2.45) is 5.73 Å². The molecule has 1 heterocycles. The van der Waals surface area contributed by atoms with E-state index in [0.717, 1.165) is 12.0 Å². The first-order valence-corrected chi connectivity index (χ1v) is 5.70. The molecule has 0 aliphatic carbocycles. The molecule has 1 aromatic rings. The number of thioether (sulfide) groups is 1. The molecule has 3 heteroatoms. The van der Waals surface area contributed by atoms with Crippen LogP contribution in [0.3, 0.4) is 0 Å². The molecular formula is C12H12N2S. The second-order valence-electron chi connectivity index (χ2n) is 3.68. The highest BCUT2D eigenvalue weighted by Gasteiger charge is 2.24. The predicted octanol–water partition coefficient (Wildman–Crippen LogP) is 2.87. The van der Waals surface area contributed by atoms with Crippen molar-refractivity contribution in [2.75, 3.05) is 0 Å². The molecule has 0 saturated heterocycles. The Balaban J connectivity index is 2.18. The maximum atomic E-state index is 8.84. The lowest BCUT2D eigenvalue weighted by atomic mass is 10.0. The van der Waals surface area contributed by atoms with Gasteiger partial charge in [-0.05, 0) is 12.5 Å². The van der Waals surface area contributed by atoms with Crippen LogP contribution < -0.4 is 5.73 Å². The van der Waals surface area contributed by atoms with E-state index in [1.54, 1.807) is 11.8 Å². The molecule has 15 heavy (non-hydrogen) atoms. The zero-order valence-corrected chi connectivity index (χ0v) is 9.34. The summed E-state index contributed by atoms with van der Waals surface area (Å²) in [7, 11) is 0. The Morgan fingerprint density at radius 3 is 2.60 bits per heavy atom. The van der Waals surface area contributed by atoms with Crippen molar-refractivity contribution < 1.29 is 0 Å². The Bertz CT molecular complexity index is 440. The van der Waals surface area contributed by atoms with Gasteiger partial charge in [0.2, 0.25) is 0 Å². The maximum absolute atomic E-state index is 8.84. The summed E-state index contributed by atoms with van der Waals surface area (Å²) in [6.45, 7) is 2.07. The minimum absolute atomic E-state index is 0.320. The molecule has 0 fully saturated rings. The van der Waals surface area contributed by atoms with E-state index < -0.39 is 0 Å². The first-order chi connectivity index (χ1) is 7.20. The first-order valence-electron chi connectivity index (χ1n) is 4.82. The number of benzene rings is 1. The molecular weight excluding hydrogens is 204 g/mol. The molecule has 0 amide bonds. The summed E-state index contributed by atoms with van der Waals surface area (Å²) in [5, 5.41) is 9.85. The number of rotatable bonds is 1. The maximum Gasteiger partial charge on any atom is 0.0975 e. The van der Waals surface area contributed by atoms with Gasteiger partial charge < -0.3 is 5.73 Å². The standard InChI is InChI=1S/C12H12N2S/c1-8-2-4-9(5-3-8)11-6-10(7-13)12(14)15-11/h2-5,11H,6,14H2,1H3.